The molecule has 0 saturated heterocycles. The van der Waals surface area contributed by atoms with Crippen LogP contribution in [0.2, 0.25) is 0 Å². The summed E-state index contributed by atoms with van der Waals surface area (Å²) < 4.78 is 0. The molecule has 1 rings (SSSR count). The normalized spacial score (nSPS) is 25.4. The molecule has 2 N–H and O–H groups in total. The molecule has 1 aliphatic rings. The second-order valence-corrected chi connectivity index (χ2v) is 6.77. The van der Waals surface area contributed by atoms with E-state index in [0.717, 1.165) is 6.42 Å². The van der Waals surface area contributed by atoms with Crippen LogP contribution in [0.25, 0.3) is 0 Å². The highest BCUT2D eigenvalue weighted by Gasteiger charge is 2.28. The van der Waals surface area contributed by atoms with Gasteiger partial charge in [-0.05, 0) is 43.6 Å². The largest absolute Gasteiger partial charge is 0.343 e. The van der Waals surface area contributed by atoms with Gasteiger partial charge in [0.05, 0.1) is 0 Å². The fraction of sp³-hybridized carbons (Fsp3) is 0.938. The van der Waals surface area contributed by atoms with Crippen molar-refractivity contribution < 1.29 is 4.79 Å². The highest BCUT2D eigenvalue weighted by molar-refractivity contribution is 5.76. The van der Waals surface area contributed by atoms with Crippen molar-refractivity contribution in [1.29, 1.82) is 0 Å². The molecule has 0 radical (unpaired) electrons. The highest BCUT2D eigenvalue weighted by Crippen LogP contribution is 2.28. The summed E-state index contributed by atoms with van der Waals surface area (Å²) in [4.78, 5) is 14.4. The van der Waals surface area contributed by atoms with Gasteiger partial charge in [-0.2, -0.15) is 0 Å². The molecule has 0 heterocycles. The Morgan fingerprint density at radius 1 is 1.32 bits per heavy atom. The van der Waals surface area contributed by atoms with Crippen LogP contribution in [0.15, 0.2) is 0 Å². The number of rotatable bonds is 6. The number of hydrogen-bond donors (Lipinski definition) is 1. The Balaban J connectivity index is 2.50. The van der Waals surface area contributed by atoms with E-state index >= 15 is 0 Å². The lowest BCUT2D eigenvalue weighted by atomic mass is 9.84. The molecule has 3 unspecified atom stereocenters. The molecular weight excluding hydrogens is 236 g/mol. The van der Waals surface area contributed by atoms with E-state index in [1.54, 1.807) is 0 Å². The van der Waals surface area contributed by atoms with Crippen LogP contribution in [0.1, 0.15) is 59.3 Å². The summed E-state index contributed by atoms with van der Waals surface area (Å²) in [6, 6.07) is 0.443. The summed E-state index contributed by atoms with van der Waals surface area (Å²) in [5.41, 5.74) is 5.80. The second kappa shape index (κ2) is 7.88. The molecule has 1 aliphatic carbocycles. The monoisotopic (exact) mass is 268 g/mol. The number of hydrogen-bond acceptors (Lipinski definition) is 2. The standard InChI is InChI=1S/C16H32N2O/c1-12(2)9-14(11-17)10-16(19)18(4)15-8-6-5-7-13(15)3/h12-15H,5-11,17H2,1-4H3. The van der Waals surface area contributed by atoms with Gasteiger partial charge in [0.2, 0.25) is 5.91 Å². The van der Waals surface area contributed by atoms with E-state index < -0.39 is 0 Å². The van der Waals surface area contributed by atoms with Crippen molar-refractivity contribution in [2.75, 3.05) is 13.6 Å². The van der Waals surface area contributed by atoms with Gasteiger partial charge in [-0.3, -0.25) is 4.79 Å². The Morgan fingerprint density at radius 2 is 1.95 bits per heavy atom. The van der Waals surface area contributed by atoms with Gasteiger partial charge in [0.25, 0.3) is 0 Å². The van der Waals surface area contributed by atoms with E-state index in [9.17, 15) is 4.79 Å². The zero-order valence-corrected chi connectivity index (χ0v) is 13.2. The lowest BCUT2D eigenvalue weighted by Gasteiger charge is -2.37. The van der Waals surface area contributed by atoms with Gasteiger partial charge >= 0.3 is 0 Å². The summed E-state index contributed by atoms with van der Waals surface area (Å²) in [6.07, 6.45) is 6.68. The van der Waals surface area contributed by atoms with Crippen LogP contribution in [0.3, 0.4) is 0 Å². The first-order valence-electron chi connectivity index (χ1n) is 7.91. The number of carbonyl (C=O) groups is 1. The van der Waals surface area contributed by atoms with E-state index in [2.05, 4.69) is 20.8 Å². The second-order valence-electron chi connectivity index (χ2n) is 6.77. The quantitative estimate of drug-likeness (QED) is 0.805. The Hall–Kier alpha value is -0.570. The minimum atomic E-state index is 0.287. The first kappa shape index (κ1) is 16.5. The van der Waals surface area contributed by atoms with E-state index in [1.165, 1.54) is 25.7 Å². The number of amides is 1. The molecule has 112 valence electrons. The molecule has 0 spiro atoms. The molecule has 3 heteroatoms. The Morgan fingerprint density at radius 3 is 2.47 bits per heavy atom. The fourth-order valence-corrected chi connectivity index (χ4v) is 3.38. The summed E-state index contributed by atoms with van der Waals surface area (Å²) >= 11 is 0. The van der Waals surface area contributed by atoms with Gasteiger partial charge < -0.3 is 10.6 Å². The van der Waals surface area contributed by atoms with Gasteiger partial charge in [0.1, 0.15) is 0 Å². The van der Waals surface area contributed by atoms with E-state index in [0.29, 0.717) is 36.8 Å². The van der Waals surface area contributed by atoms with Crippen molar-refractivity contribution in [2.24, 2.45) is 23.5 Å². The molecule has 0 aliphatic heterocycles. The zero-order valence-electron chi connectivity index (χ0n) is 13.2. The molecule has 0 bridgehead atoms. The minimum absolute atomic E-state index is 0.287. The smallest absolute Gasteiger partial charge is 0.222 e. The van der Waals surface area contributed by atoms with Crippen LogP contribution >= 0.6 is 0 Å². The summed E-state index contributed by atoms with van der Waals surface area (Å²) in [5.74, 6) is 1.88. The summed E-state index contributed by atoms with van der Waals surface area (Å²) in [7, 11) is 1.98. The van der Waals surface area contributed by atoms with Crippen LogP contribution < -0.4 is 5.73 Å². The Bertz CT molecular complexity index is 278. The van der Waals surface area contributed by atoms with Gasteiger partial charge in [0.15, 0.2) is 0 Å². The number of carbonyl (C=O) groups excluding carboxylic acids is 1. The zero-order chi connectivity index (χ0) is 14.4. The van der Waals surface area contributed by atoms with Crippen molar-refractivity contribution in [3.8, 4) is 0 Å². The Labute approximate surface area is 118 Å². The molecule has 3 atom stereocenters. The lowest BCUT2D eigenvalue weighted by molar-refractivity contribution is -0.134. The third-order valence-corrected chi connectivity index (χ3v) is 4.56. The predicted molar refractivity (Wildman–Crippen MR) is 80.8 cm³/mol. The predicted octanol–water partition coefficient (Wildman–Crippen LogP) is 3.03. The van der Waals surface area contributed by atoms with Gasteiger partial charge in [-0.15, -0.1) is 0 Å². The average Bonchev–Trinajstić information content (AvgIpc) is 2.37. The maximum absolute atomic E-state index is 12.4. The Kier molecular flexibility index (Phi) is 6.84. The van der Waals surface area contributed by atoms with E-state index in [1.807, 2.05) is 11.9 Å². The van der Waals surface area contributed by atoms with Gasteiger partial charge in [-0.25, -0.2) is 0 Å². The van der Waals surface area contributed by atoms with Gasteiger partial charge in [-0.1, -0.05) is 33.6 Å². The van der Waals surface area contributed by atoms with Crippen LogP contribution in [-0.2, 0) is 4.79 Å². The van der Waals surface area contributed by atoms with Crippen LogP contribution in [0.5, 0.6) is 0 Å². The van der Waals surface area contributed by atoms with Crippen molar-refractivity contribution in [3.05, 3.63) is 0 Å². The third-order valence-electron chi connectivity index (χ3n) is 4.56. The van der Waals surface area contributed by atoms with Gasteiger partial charge in [0, 0.05) is 19.5 Å². The van der Waals surface area contributed by atoms with Crippen LogP contribution in [-0.4, -0.2) is 30.4 Å². The van der Waals surface area contributed by atoms with E-state index in [4.69, 9.17) is 5.73 Å². The molecule has 1 saturated carbocycles. The molecule has 1 fully saturated rings. The van der Waals surface area contributed by atoms with Crippen molar-refractivity contribution >= 4 is 5.91 Å². The molecule has 1 amide bonds. The maximum Gasteiger partial charge on any atom is 0.222 e. The lowest BCUT2D eigenvalue weighted by Crippen LogP contribution is -2.43. The highest BCUT2D eigenvalue weighted by atomic mass is 16.2. The summed E-state index contributed by atoms with van der Waals surface area (Å²) in [6.45, 7) is 7.29. The first-order valence-corrected chi connectivity index (χ1v) is 7.91. The maximum atomic E-state index is 12.4. The molecule has 19 heavy (non-hydrogen) atoms. The van der Waals surface area contributed by atoms with Crippen molar-refractivity contribution in [1.82, 2.24) is 4.90 Å². The topological polar surface area (TPSA) is 46.3 Å². The number of nitrogens with two attached hydrogens (primary N) is 1. The number of nitrogens with zero attached hydrogens (tertiary/aromatic N) is 1. The fourth-order valence-electron chi connectivity index (χ4n) is 3.38. The molecule has 0 aromatic rings. The SMILES string of the molecule is CC(C)CC(CN)CC(=O)N(C)C1CCCCC1C. The molecule has 0 aromatic heterocycles. The molecule has 0 aromatic carbocycles. The van der Waals surface area contributed by atoms with Crippen LogP contribution in [0.4, 0.5) is 0 Å². The van der Waals surface area contributed by atoms with Crippen LogP contribution in [0, 0.1) is 17.8 Å². The minimum Gasteiger partial charge on any atom is -0.343 e. The third kappa shape index (κ3) is 5.13. The summed E-state index contributed by atoms with van der Waals surface area (Å²) in [5, 5.41) is 0. The average molecular weight is 268 g/mol. The van der Waals surface area contributed by atoms with Crippen molar-refractivity contribution in [3.63, 3.8) is 0 Å². The van der Waals surface area contributed by atoms with E-state index in [-0.39, 0.29) is 5.91 Å². The first-order chi connectivity index (χ1) is 8.95. The van der Waals surface area contributed by atoms with Crippen molar-refractivity contribution in [2.45, 2.75) is 65.3 Å². The molecular formula is C16H32N2O. The molecule has 3 nitrogen and oxygen atoms in total.